The van der Waals surface area contributed by atoms with Gasteiger partial charge in [0, 0.05) is 6.20 Å². The summed E-state index contributed by atoms with van der Waals surface area (Å²) in [6.07, 6.45) is 1.47. The van der Waals surface area contributed by atoms with Gasteiger partial charge in [0.1, 0.15) is 5.69 Å². The lowest BCUT2D eigenvalue weighted by Gasteiger charge is -1.99. The Morgan fingerprint density at radius 1 is 1.47 bits per heavy atom. The first kappa shape index (κ1) is 10.1. The van der Waals surface area contributed by atoms with Crippen LogP contribution < -0.4 is 0 Å². The number of rotatable bonds is 2. The maximum absolute atomic E-state index is 10.7. The molecule has 0 fully saturated rings. The second-order valence-corrected chi connectivity index (χ2v) is 4.16. The maximum atomic E-state index is 10.7. The molecule has 0 saturated carbocycles. The van der Waals surface area contributed by atoms with Gasteiger partial charge >= 0.3 is 5.97 Å². The van der Waals surface area contributed by atoms with Crippen LogP contribution in [0.3, 0.4) is 0 Å². The Morgan fingerprint density at radius 2 is 2.27 bits per heavy atom. The largest absolute Gasteiger partial charge is 0.477 e. The molecule has 15 heavy (non-hydrogen) atoms. The van der Waals surface area contributed by atoms with Crippen molar-refractivity contribution < 1.29 is 9.90 Å². The Morgan fingerprint density at radius 3 is 2.87 bits per heavy atom. The minimum Gasteiger partial charge on any atom is -0.477 e. The summed E-state index contributed by atoms with van der Waals surface area (Å²) in [5.74, 6) is -1.04. The number of carboxylic acid groups (broad SMARTS) is 1. The number of carboxylic acids is 1. The van der Waals surface area contributed by atoms with Gasteiger partial charge in [0.15, 0.2) is 0 Å². The van der Waals surface area contributed by atoms with Crippen LogP contribution in [0.1, 0.15) is 10.5 Å². The van der Waals surface area contributed by atoms with Crippen LogP contribution in [0.15, 0.2) is 29.8 Å². The van der Waals surface area contributed by atoms with E-state index in [2.05, 4.69) is 4.98 Å². The zero-order valence-corrected chi connectivity index (χ0v) is 9.05. The molecule has 2 heterocycles. The Hall–Kier alpha value is -1.39. The highest BCUT2D eigenvalue weighted by Crippen LogP contribution is 2.32. The van der Waals surface area contributed by atoms with Crippen LogP contribution in [-0.4, -0.2) is 16.1 Å². The molecule has 0 bridgehead atoms. The van der Waals surface area contributed by atoms with E-state index in [0.29, 0.717) is 5.02 Å². The van der Waals surface area contributed by atoms with Gasteiger partial charge in [-0.25, -0.2) is 9.78 Å². The molecule has 2 aromatic rings. The van der Waals surface area contributed by atoms with E-state index in [1.807, 2.05) is 5.38 Å². The summed E-state index contributed by atoms with van der Waals surface area (Å²) in [6, 6.07) is 5.03. The highest BCUT2D eigenvalue weighted by Gasteiger charge is 2.09. The van der Waals surface area contributed by atoms with Crippen LogP contribution in [-0.2, 0) is 0 Å². The number of pyridine rings is 1. The molecule has 3 nitrogen and oxygen atoms in total. The number of hydrogen-bond donors (Lipinski definition) is 1. The summed E-state index contributed by atoms with van der Waals surface area (Å²) in [5.41, 5.74) is 0.805. The topological polar surface area (TPSA) is 50.2 Å². The monoisotopic (exact) mass is 239 g/mol. The number of aromatic carboxylic acids is 1. The van der Waals surface area contributed by atoms with Crippen molar-refractivity contribution in [3.05, 3.63) is 40.5 Å². The number of thiophene rings is 1. The minimum absolute atomic E-state index is 0.0250. The van der Waals surface area contributed by atoms with E-state index < -0.39 is 5.97 Å². The molecule has 0 unspecified atom stereocenters. The SMILES string of the molecule is O=C(O)c1cc(-c2sccc2Cl)ccn1. The molecular formula is C10H6ClNO2S. The fraction of sp³-hybridized carbons (Fsp3) is 0. The third-order valence-corrected chi connectivity index (χ3v) is 3.25. The number of aromatic nitrogens is 1. The normalized spacial score (nSPS) is 10.2. The second-order valence-electron chi connectivity index (χ2n) is 2.83. The molecule has 0 saturated heterocycles. The van der Waals surface area contributed by atoms with Gasteiger partial charge in [-0.15, -0.1) is 11.3 Å². The van der Waals surface area contributed by atoms with Crippen molar-refractivity contribution in [3.8, 4) is 10.4 Å². The molecule has 0 aliphatic carbocycles. The molecule has 0 aromatic carbocycles. The molecule has 0 radical (unpaired) electrons. The Labute approximate surface area is 95.0 Å². The fourth-order valence-electron chi connectivity index (χ4n) is 1.19. The van der Waals surface area contributed by atoms with E-state index in [4.69, 9.17) is 16.7 Å². The average Bonchev–Trinajstić information content (AvgIpc) is 2.64. The average molecular weight is 240 g/mol. The van der Waals surface area contributed by atoms with Crippen LogP contribution >= 0.6 is 22.9 Å². The Bertz CT molecular complexity index is 510. The van der Waals surface area contributed by atoms with E-state index in [1.54, 1.807) is 12.1 Å². The van der Waals surface area contributed by atoms with Crippen molar-refractivity contribution in [2.45, 2.75) is 0 Å². The number of hydrogen-bond acceptors (Lipinski definition) is 3. The van der Waals surface area contributed by atoms with Gasteiger partial charge in [-0.05, 0) is 29.1 Å². The van der Waals surface area contributed by atoms with Gasteiger partial charge in [0.05, 0.1) is 9.90 Å². The lowest BCUT2D eigenvalue weighted by Crippen LogP contribution is -1.99. The number of carbonyl (C=O) groups is 1. The Balaban J connectivity index is 2.50. The van der Waals surface area contributed by atoms with Crippen molar-refractivity contribution in [3.63, 3.8) is 0 Å². The lowest BCUT2D eigenvalue weighted by atomic mass is 10.2. The molecule has 0 atom stereocenters. The van der Waals surface area contributed by atoms with Crippen LogP contribution in [0.5, 0.6) is 0 Å². The van der Waals surface area contributed by atoms with E-state index >= 15 is 0 Å². The fourth-order valence-corrected chi connectivity index (χ4v) is 2.35. The van der Waals surface area contributed by atoms with Crippen molar-refractivity contribution in [2.24, 2.45) is 0 Å². The summed E-state index contributed by atoms with van der Waals surface area (Å²) < 4.78 is 0. The molecule has 1 N–H and O–H groups in total. The van der Waals surface area contributed by atoms with E-state index in [9.17, 15) is 4.79 Å². The van der Waals surface area contributed by atoms with E-state index in [0.717, 1.165) is 10.4 Å². The highest BCUT2D eigenvalue weighted by atomic mass is 35.5. The van der Waals surface area contributed by atoms with Crippen molar-refractivity contribution in [2.75, 3.05) is 0 Å². The molecule has 2 rings (SSSR count). The molecule has 0 spiro atoms. The highest BCUT2D eigenvalue weighted by molar-refractivity contribution is 7.14. The van der Waals surface area contributed by atoms with Gasteiger partial charge in [0.2, 0.25) is 0 Å². The van der Waals surface area contributed by atoms with Crippen molar-refractivity contribution in [1.82, 2.24) is 4.98 Å². The second kappa shape index (κ2) is 4.00. The van der Waals surface area contributed by atoms with Gasteiger partial charge in [-0.1, -0.05) is 11.6 Å². The van der Waals surface area contributed by atoms with Gasteiger partial charge in [0.25, 0.3) is 0 Å². The van der Waals surface area contributed by atoms with Crippen LogP contribution in [0, 0.1) is 0 Å². The summed E-state index contributed by atoms with van der Waals surface area (Å²) in [7, 11) is 0. The first-order valence-electron chi connectivity index (χ1n) is 4.11. The molecule has 76 valence electrons. The summed E-state index contributed by atoms with van der Waals surface area (Å²) in [5, 5.41) is 11.3. The van der Waals surface area contributed by atoms with Crippen LogP contribution in [0.4, 0.5) is 0 Å². The molecule has 5 heteroatoms. The van der Waals surface area contributed by atoms with Crippen LogP contribution in [0.25, 0.3) is 10.4 Å². The molecular weight excluding hydrogens is 234 g/mol. The summed E-state index contributed by atoms with van der Waals surface area (Å²) >= 11 is 7.42. The van der Waals surface area contributed by atoms with Gasteiger partial charge in [-0.2, -0.15) is 0 Å². The third kappa shape index (κ3) is 2.00. The maximum Gasteiger partial charge on any atom is 0.354 e. The van der Waals surface area contributed by atoms with E-state index in [-0.39, 0.29) is 5.69 Å². The quantitative estimate of drug-likeness (QED) is 0.876. The number of halogens is 1. The summed E-state index contributed by atoms with van der Waals surface area (Å²) in [4.78, 5) is 15.3. The van der Waals surface area contributed by atoms with Gasteiger partial charge in [-0.3, -0.25) is 0 Å². The third-order valence-electron chi connectivity index (χ3n) is 1.86. The molecule has 0 aliphatic heterocycles. The first-order chi connectivity index (χ1) is 7.18. The predicted molar refractivity (Wildman–Crippen MR) is 59.5 cm³/mol. The van der Waals surface area contributed by atoms with Crippen molar-refractivity contribution in [1.29, 1.82) is 0 Å². The van der Waals surface area contributed by atoms with Crippen molar-refractivity contribution >= 4 is 28.9 Å². The molecule has 2 aromatic heterocycles. The molecule has 0 aliphatic rings. The zero-order valence-electron chi connectivity index (χ0n) is 7.48. The Kier molecular flexibility index (Phi) is 2.70. The standard InChI is InChI=1S/C10H6ClNO2S/c11-7-2-4-15-9(7)6-1-3-12-8(5-6)10(13)14/h1-5H,(H,13,14). The smallest absolute Gasteiger partial charge is 0.354 e. The van der Waals surface area contributed by atoms with Crippen LogP contribution in [0.2, 0.25) is 5.02 Å². The lowest BCUT2D eigenvalue weighted by molar-refractivity contribution is 0.0690. The first-order valence-corrected chi connectivity index (χ1v) is 5.37. The zero-order chi connectivity index (χ0) is 10.8. The predicted octanol–water partition coefficient (Wildman–Crippen LogP) is 3.16. The molecule has 0 amide bonds. The summed E-state index contributed by atoms with van der Waals surface area (Å²) in [6.45, 7) is 0. The van der Waals surface area contributed by atoms with Gasteiger partial charge < -0.3 is 5.11 Å². The minimum atomic E-state index is -1.04. The number of nitrogens with zero attached hydrogens (tertiary/aromatic N) is 1. The van der Waals surface area contributed by atoms with E-state index in [1.165, 1.54) is 23.6 Å².